The summed E-state index contributed by atoms with van der Waals surface area (Å²) in [7, 11) is 4.02. The van der Waals surface area contributed by atoms with Gasteiger partial charge in [0.1, 0.15) is 22.3 Å². The third kappa shape index (κ3) is 3.91. The highest BCUT2D eigenvalue weighted by molar-refractivity contribution is 8.00. The molecule has 0 radical (unpaired) electrons. The normalized spacial score (nSPS) is 17.2. The number of nitrogens with one attached hydrogen (secondary N) is 1. The lowest BCUT2D eigenvalue weighted by Crippen LogP contribution is -2.31. The fourth-order valence-electron chi connectivity index (χ4n) is 3.05. The molecule has 0 bridgehead atoms. The summed E-state index contributed by atoms with van der Waals surface area (Å²) in [5.74, 6) is -1.72. The Bertz CT molecular complexity index is 800. The van der Waals surface area contributed by atoms with E-state index in [4.69, 9.17) is 0 Å². The highest BCUT2D eigenvalue weighted by Crippen LogP contribution is 2.35. The topological polar surface area (TPSA) is 31.4 Å². The molecule has 8 heteroatoms. The number of benzene rings is 1. The lowest BCUT2D eigenvalue weighted by molar-refractivity contribution is 0.315. The zero-order valence-electron chi connectivity index (χ0n) is 14.9. The van der Waals surface area contributed by atoms with E-state index in [0.717, 1.165) is 31.5 Å². The maximum Gasteiger partial charge on any atom is 0.214 e. The van der Waals surface area contributed by atoms with E-state index in [1.807, 2.05) is 19.0 Å². The van der Waals surface area contributed by atoms with E-state index < -0.39 is 17.6 Å². The molecular weight excluding hydrogens is 361 g/mol. The Hall–Kier alpha value is -1.93. The number of aromatic nitrogens is 1. The highest BCUT2D eigenvalue weighted by Gasteiger charge is 2.27. The summed E-state index contributed by atoms with van der Waals surface area (Å²) >= 11 is 0.750. The summed E-state index contributed by atoms with van der Waals surface area (Å²) in [6.07, 6.45) is 0.957. The van der Waals surface area contributed by atoms with Gasteiger partial charge in [-0.2, -0.15) is 4.39 Å². The molecule has 1 aromatic carbocycles. The van der Waals surface area contributed by atoms with Gasteiger partial charge in [-0.15, -0.1) is 0 Å². The number of anilines is 2. The predicted molar refractivity (Wildman–Crippen MR) is 99.1 cm³/mol. The van der Waals surface area contributed by atoms with Crippen LogP contribution in [0.2, 0.25) is 0 Å². The van der Waals surface area contributed by atoms with E-state index in [1.165, 1.54) is 24.3 Å². The minimum Gasteiger partial charge on any atom is -0.370 e. The van der Waals surface area contributed by atoms with E-state index in [-0.39, 0.29) is 10.7 Å². The van der Waals surface area contributed by atoms with Gasteiger partial charge in [-0.3, -0.25) is 0 Å². The van der Waals surface area contributed by atoms with Crippen LogP contribution in [-0.4, -0.2) is 43.1 Å². The van der Waals surface area contributed by atoms with Gasteiger partial charge in [-0.1, -0.05) is 6.07 Å². The number of likely N-dealkylation sites (N-methyl/N-ethyl adjacent to an activating group) is 1. The second kappa shape index (κ2) is 7.75. The number of nitrogens with zero attached hydrogens (tertiary/aromatic N) is 3. The van der Waals surface area contributed by atoms with Crippen LogP contribution < -0.4 is 9.62 Å². The van der Waals surface area contributed by atoms with Gasteiger partial charge in [-0.05, 0) is 57.6 Å². The van der Waals surface area contributed by atoms with E-state index in [0.29, 0.717) is 17.3 Å². The van der Waals surface area contributed by atoms with Crippen molar-refractivity contribution in [2.24, 2.45) is 0 Å². The van der Waals surface area contributed by atoms with Crippen LogP contribution in [0.1, 0.15) is 12.0 Å². The van der Waals surface area contributed by atoms with Crippen molar-refractivity contribution in [3.8, 4) is 0 Å². The first-order valence-corrected chi connectivity index (χ1v) is 9.14. The van der Waals surface area contributed by atoms with Crippen molar-refractivity contribution in [1.82, 2.24) is 9.88 Å². The molecule has 1 aliphatic rings. The van der Waals surface area contributed by atoms with Gasteiger partial charge in [0.2, 0.25) is 5.95 Å². The van der Waals surface area contributed by atoms with Crippen LogP contribution in [-0.2, 0) is 0 Å². The van der Waals surface area contributed by atoms with Gasteiger partial charge < -0.3 is 14.5 Å². The average Bonchev–Trinajstić information content (AvgIpc) is 3.08. The van der Waals surface area contributed by atoms with Crippen molar-refractivity contribution in [3.05, 3.63) is 47.4 Å². The average molecular weight is 382 g/mol. The zero-order valence-corrected chi connectivity index (χ0v) is 15.7. The van der Waals surface area contributed by atoms with E-state index in [9.17, 15) is 13.2 Å². The van der Waals surface area contributed by atoms with Gasteiger partial charge in [0, 0.05) is 30.4 Å². The molecule has 4 nitrogen and oxygen atoms in total. The molecule has 3 rings (SSSR count). The fraction of sp³-hybridized carbons (Fsp3) is 0.389. The Morgan fingerprint density at radius 2 is 2.04 bits per heavy atom. The molecule has 140 valence electrons. The molecule has 0 saturated carbocycles. The van der Waals surface area contributed by atoms with Crippen LogP contribution in [0.5, 0.6) is 0 Å². The molecule has 1 atom stereocenters. The predicted octanol–water partition coefficient (Wildman–Crippen LogP) is 4.07. The maximum absolute atomic E-state index is 14.8. The van der Waals surface area contributed by atoms with Crippen LogP contribution in [0.4, 0.5) is 24.7 Å². The van der Waals surface area contributed by atoms with Crippen molar-refractivity contribution in [2.45, 2.75) is 24.3 Å². The van der Waals surface area contributed by atoms with Crippen molar-refractivity contribution in [2.75, 3.05) is 36.8 Å². The molecule has 2 aromatic rings. The molecule has 1 unspecified atom stereocenters. The van der Waals surface area contributed by atoms with Crippen molar-refractivity contribution < 1.29 is 13.2 Å². The van der Waals surface area contributed by atoms with Crippen LogP contribution in [0, 0.1) is 24.5 Å². The van der Waals surface area contributed by atoms with Gasteiger partial charge in [-0.25, -0.2) is 13.8 Å². The van der Waals surface area contributed by atoms with Crippen LogP contribution in [0.15, 0.2) is 29.2 Å². The second-order valence-corrected chi connectivity index (χ2v) is 7.36. The van der Waals surface area contributed by atoms with Gasteiger partial charge in [0.25, 0.3) is 0 Å². The molecule has 1 aromatic heterocycles. The molecule has 1 fully saturated rings. The summed E-state index contributed by atoms with van der Waals surface area (Å²) in [4.78, 5) is 7.61. The van der Waals surface area contributed by atoms with Gasteiger partial charge in [0.05, 0.1) is 0 Å². The first kappa shape index (κ1) is 18.8. The fourth-order valence-corrected chi connectivity index (χ4v) is 3.77. The number of hydrogen-bond donors (Lipinski definition) is 1. The summed E-state index contributed by atoms with van der Waals surface area (Å²) in [6.45, 7) is 3.16. The van der Waals surface area contributed by atoms with Crippen LogP contribution in [0.3, 0.4) is 0 Å². The Morgan fingerprint density at radius 3 is 2.69 bits per heavy atom. The molecule has 1 saturated heterocycles. The number of hydrogen-bond acceptors (Lipinski definition) is 5. The lowest BCUT2D eigenvalue weighted by atomic mass is 10.1. The summed E-state index contributed by atoms with van der Waals surface area (Å²) in [5.41, 5.74) is 0.986. The lowest BCUT2D eigenvalue weighted by Gasteiger charge is -2.24. The molecule has 0 aliphatic carbocycles. The number of halogens is 3. The Balaban J connectivity index is 1.80. The molecule has 2 heterocycles. The highest BCUT2D eigenvalue weighted by atomic mass is 32.2. The Kier molecular flexibility index (Phi) is 5.62. The Morgan fingerprint density at radius 1 is 1.27 bits per heavy atom. The van der Waals surface area contributed by atoms with Crippen molar-refractivity contribution in [3.63, 3.8) is 0 Å². The molecule has 26 heavy (non-hydrogen) atoms. The summed E-state index contributed by atoms with van der Waals surface area (Å²) in [5, 5.41) is 0. The third-order valence-electron chi connectivity index (χ3n) is 4.60. The van der Waals surface area contributed by atoms with Crippen LogP contribution >= 0.6 is 11.9 Å². The van der Waals surface area contributed by atoms with E-state index in [1.54, 1.807) is 6.92 Å². The zero-order chi connectivity index (χ0) is 18.8. The summed E-state index contributed by atoms with van der Waals surface area (Å²) in [6, 6.07) is 5.95. The van der Waals surface area contributed by atoms with Gasteiger partial charge in [0.15, 0.2) is 0 Å². The van der Waals surface area contributed by atoms with Crippen molar-refractivity contribution >= 4 is 23.5 Å². The molecule has 0 spiro atoms. The van der Waals surface area contributed by atoms with Crippen molar-refractivity contribution in [1.29, 1.82) is 0 Å². The molecule has 0 amide bonds. The summed E-state index contributed by atoms with van der Waals surface area (Å²) < 4.78 is 45.1. The third-order valence-corrected chi connectivity index (χ3v) is 5.49. The Labute approximate surface area is 155 Å². The monoisotopic (exact) mass is 382 g/mol. The maximum atomic E-state index is 14.8. The molecular formula is C18H21F3N4S. The largest absolute Gasteiger partial charge is 0.370 e. The second-order valence-electron chi connectivity index (χ2n) is 6.55. The molecule has 1 N–H and O–H groups in total. The number of rotatable bonds is 5. The minimum atomic E-state index is -0.660. The van der Waals surface area contributed by atoms with E-state index >= 15 is 0 Å². The van der Waals surface area contributed by atoms with E-state index in [2.05, 4.69) is 14.6 Å². The standard InChI is InChI=1S/C18H21F3N4S/c1-11-14(25-8-7-12(10-25)24(2)3)9-13(19)18(17(11)21)26-23-16-6-4-5-15(20)22-16/h4-6,9,12H,7-8,10H2,1-3H3,(H,22,23). The smallest absolute Gasteiger partial charge is 0.214 e. The molecule has 1 aliphatic heterocycles. The SMILES string of the molecule is Cc1c(N2CCC(N(C)C)C2)cc(F)c(SNc2cccc(F)n2)c1F. The van der Waals surface area contributed by atoms with Gasteiger partial charge >= 0.3 is 0 Å². The minimum absolute atomic E-state index is 0.152. The van der Waals surface area contributed by atoms with Crippen LogP contribution in [0.25, 0.3) is 0 Å². The number of pyridine rings is 1. The first-order valence-electron chi connectivity index (χ1n) is 8.32. The quantitative estimate of drug-likeness (QED) is 0.623. The first-order chi connectivity index (χ1) is 12.4.